The van der Waals surface area contributed by atoms with Crippen LogP contribution >= 0.6 is 34.8 Å². The van der Waals surface area contributed by atoms with Crippen molar-refractivity contribution < 1.29 is 34.0 Å². The van der Waals surface area contributed by atoms with Crippen molar-refractivity contribution in [3.8, 4) is 0 Å². The van der Waals surface area contributed by atoms with Gasteiger partial charge in [-0.2, -0.15) is 0 Å². The molecule has 0 spiro atoms. The van der Waals surface area contributed by atoms with Crippen LogP contribution < -0.4 is 0 Å². The number of nitrogens with one attached hydrogen (secondary N) is 1. The molecule has 1 saturated heterocycles. The molecule has 1 aromatic carbocycles. The second-order valence-electron chi connectivity index (χ2n) is 6.04. The predicted molar refractivity (Wildman–Crippen MR) is 101 cm³/mol. The standard InChI is InChI=1S/C17H20Cl3NO7/c1-9(22)26-14-13(24)12(23)11(8-25-7-10-5-3-2-4-6-10)27-15(14)28-16(21)17(18,19)20/h2-6,11-15,21,23-24H,7-8H2,1H3. The molecule has 1 heterocycles. The van der Waals surface area contributed by atoms with E-state index in [9.17, 15) is 15.0 Å². The zero-order valence-electron chi connectivity index (χ0n) is 14.8. The fourth-order valence-corrected chi connectivity index (χ4v) is 2.64. The number of hydrogen-bond donors (Lipinski definition) is 3. The number of carbonyl (C=O) groups excluding carboxylic acids is 1. The Balaban J connectivity index is 2.06. The van der Waals surface area contributed by atoms with Crippen molar-refractivity contribution in [1.29, 1.82) is 5.41 Å². The summed E-state index contributed by atoms with van der Waals surface area (Å²) < 4.78 is 19.0. The fourth-order valence-electron chi connectivity index (χ4n) is 2.51. The Morgan fingerprint density at radius 3 is 2.39 bits per heavy atom. The van der Waals surface area contributed by atoms with Gasteiger partial charge in [0.15, 0.2) is 6.10 Å². The molecular weight excluding hydrogens is 437 g/mol. The maximum Gasteiger partial charge on any atom is 0.303 e. The summed E-state index contributed by atoms with van der Waals surface area (Å²) in [6.45, 7) is 1.23. The molecule has 0 aromatic heterocycles. The monoisotopic (exact) mass is 455 g/mol. The Bertz CT molecular complexity index is 670. The third-order valence-electron chi connectivity index (χ3n) is 3.83. The highest BCUT2D eigenvalue weighted by Gasteiger charge is 2.49. The summed E-state index contributed by atoms with van der Waals surface area (Å²) in [5, 5.41) is 28.3. The molecule has 1 fully saturated rings. The lowest BCUT2D eigenvalue weighted by atomic mass is 9.99. The largest absolute Gasteiger partial charge is 0.453 e. The maximum atomic E-state index is 11.3. The third kappa shape index (κ3) is 6.45. The summed E-state index contributed by atoms with van der Waals surface area (Å²) in [4.78, 5) is 11.3. The molecule has 0 radical (unpaired) electrons. The van der Waals surface area contributed by atoms with Crippen LogP contribution in [-0.4, -0.2) is 63.2 Å². The first-order valence-corrected chi connectivity index (χ1v) is 9.36. The molecule has 1 aromatic rings. The smallest absolute Gasteiger partial charge is 0.303 e. The first-order chi connectivity index (χ1) is 13.1. The fraction of sp³-hybridized carbons (Fsp3) is 0.529. The average Bonchev–Trinajstić information content (AvgIpc) is 2.62. The Labute approximate surface area is 176 Å². The van der Waals surface area contributed by atoms with Gasteiger partial charge in [-0.1, -0.05) is 65.1 Å². The van der Waals surface area contributed by atoms with Crippen LogP contribution in [0.15, 0.2) is 30.3 Å². The van der Waals surface area contributed by atoms with Crippen molar-refractivity contribution in [3.05, 3.63) is 35.9 Å². The molecule has 3 N–H and O–H groups in total. The van der Waals surface area contributed by atoms with Crippen molar-refractivity contribution in [3.63, 3.8) is 0 Å². The highest BCUT2D eigenvalue weighted by molar-refractivity contribution is 6.76. The number of esters is 1. The summed E-state index contributed by atoms with van der Waals surface area (Å²) >= 11 is 16.8. The zero-order valence-corrected chi connectivity index (χ0v) is 17.0. The number of benzene rings is 1. The van der Waals surface area contributed by atoms with Gasteiger partial charge in [0.2, 0.25) is 12.2 Å². The van der Waals surface area contributed by atoms with Crippen LogP contribution in [0.3, 0.4) is 0 Å². The number of ether oxygens (including phenoxy) is 4. The predicted octanol–water partition coefficient (Wildman–Crippen LogP) is 1.95. The number of carbonyl (C=O) groups is 1. The van der Waals surface area contributed by atoms with Gasteiger partial charge in [0.1, 0.15) is 18.3 Å². The Kier molecular flexibility index (Phi) is 8.32. The highest BCUT2D eigenvalue weighted by Crippen LogP contribution is 2.31. The summed E-state index contributed by atoms with van der Waals surface area (Å²) in [6, 6.07) is 9.29. The number of halogens is 3. The van der Waals surface area contributed by atoms with Crippen molar-refractivity contribution >= 4 is 46.7 Å². The lowest BCUT2D eigenvalue weighted by Gasteiger charge is -2.41. The maximum absolute atomic E-state index is 11.3. The van der Waals surface area contributed by atoms with Gasteiger partial charge in [0.25, 0.3) is 3.79 Å². The van der Waals surface area contributed by atoms with Gasteiger partial charge in [0.05, 0.1) is 13.2 Å². The molecule has 156 valence electrons. The van der Waals surface area contributed by atoms with E-state index in [1.54, 1.807) is 0 Å². The van der Waals surface area contributed by atoms with E-state index in [1.165, 1.54) is 0 Å². The second-order valence-corrected chi connectivity index (χ2v) is 8.32. The van der Waals surface area contributed by atoms with Crippen LogP contribution in [0.1, 0.15) is 12.5 Å². The molecule has 0 bridgehead atoms. The van der Waals surface area contributed by atoms with E-state index in [0.717, 1.165) is 12.5 Å². The zero-order chi connectivity index (χ0) is 20.9. The van der Waals surface area contributed by atoms with Gasteiger partial charge in [0, 0.05) is 6.92 Å². The van der Waals surface area contributed by atoms with Crippen LogP contribution in [-0.2, 0) is 30.3 Å². The van der Waals surface area contributed by atoms with E-state index in [0.29, 0.717) is 0 Å². The van der Waals surface area contributed by atoms with E-state index in [2.05, 4.69) is 0 Å². The molecule has 11 heteroatoms. The number of aliphatic hydroxyl groups is 2. The van der Waals surface area contributed by atoms with Gasteiger partial charge in [-0.3, -0.25) is 10.2 Å². The third-order valence-corrected chi connectivity index (χ3v) is 4.35. The van der Waals surface area contributed by atoms with Crippen molar-refractivity contribution in [2.24, 2.45) is 0 Å². The number of alkyl halides is 3. The average molecular weight is 457 g/mol. The topological polar surface area (TPSA) is 118 Å². The highest BCUT2D eigenvalue weighted by atomic mass is 35.6. The van der Waals surface area contributed by atoms with E-state index >= 15 is 0 Å². The minimum absolute atomic E-state index is 0.110. The molecular formula is C17H20Cl3NO7. The van der Waals surface area contributed by atoms with Gasteiger partial charge in [-0.15, -0.1) is 0 Å². The number of rotatable bonds is 6. The van der Waals surface area contributed by atoms with Crippen LogP contribution in [0.25, 0.3) is 0 Å². The van der Waals surface area contributed by atoms with Gasteiger partial charge in [-0.25, -0.2) is 0 Å². The second kappa shape index (κ2) is 10.1. The normalized spacial score (nSPS) is 27.9. The summed E-state index contributed by atoms with van der Waals surface area (Å²) in [5.41, 5.74) is 0.900. The lowest BCUT2D eigenvalue weighted by Crippen LogP contribution is -2.61. The lowest BCUT2D eigenvalue weighted by molar-refractivity contribution is -0.288. The van der Waals surface area contributed by atoms with Crippen molar-refractivity contribution in [2.45, 2.75) is 48.0 Å². The quantitative estimate of drug-likeness (QED) is 0.259. The van der Waals surface area contributed by atoms with E-state index in [4.69, 9.17) is 59.2 Å². The molecule has 0 saturated carbocycles. The molecule has 0 amide bonds. The molecule has 1 aliphatic heterocycles. The van der Waals surface area contributed by atoms with Crippen LogP contribution in [0.5, 0.6) is 0 Å². The van der Waals surface area contributed by atoms with Crippen LogP contribution in [0.2, 0.25) is 0 Å². The molecule has 0 aliphatic carbocycles. The SMILES string of the molecule is CC(=O)OC1C(OC(=N)C(Cl)(Cl)Cl)OC(COCc2ccccc2)C(O)C1O. The summed E-state index contributed by atoms with van der Waals surface area (Å²) in [6.07, 6.45) is -6.99. The molecule has 5 unspecified atom stereocenters. The first-order valence-electron chi connectivity index (χ1n) is 8.22. The van der Waals surface area contributed by atoms with Gasteiger partial charge in [-0.05, 0) is 5.56 Å². The van der Waals surface area contributed by atoms with E-state index in [-0.39, 0.29) is 13.2 Å². The van der Waals surface area contributed by atoms with E-state index in [1.807, 2.05) is 30.3 Å². The molecule has 1 aliphatic rings. The molecule has 8 nitrogen and oxygen atoms in total. The Hall–Kier alpha value is -1.13. The first kappa shape index (κ1) is 23.2. The minimum Gasteiger partial charge on any atom is -0.453 e. The molecule has 28 heavy (non-hydrogen) atoms. The Morgan fingerprint density at radius 1 is 1.18 bits per heavy atom. The minimum atomic E-state index is -2.19. The number of aliphatic hydroxyl groups excluding tert-OH is 2. The van der Waals surface area contributed by atoms with Gasteiger partial charge >= 0.3 is 5.97 Å². The molecule has 5 atom stereocenters. The van der Waals surface area contributed by atoms with Crippen LogP contribution in [0, 0.1) is 5.41 Å². The van der Waals surface area contributed by atoms with Crippen molar-refractivity contribution in [2.75, 3.05) is 6.61 Å². The van der Waals surface area contributed by atoms with Gasteiger partial charge < -0.3 is 29.2 Å². The van der Waals surface area contributed by atoms with E-state index < -0.39 is 46.4 Å². The van der Waals surface area contributed by atoms with Crippen LogP contribution in [0.4, 0.5) is 0 Å². The Morgan fingerprint density at radius 2 is 1.82 bits per heavy atom. The molecule has 2 rings (SSSR count). The van der Waals surface area contributed by atoms with Crippen molar-refractivity contribution in [1.82, 2.24) is 0 Å². The summed E-state index contributed by atoms with van der Waals surface area (Å²) in [5.74, 6) is -1.56. The summed E-state index contributed by atoms with van der Waals surface area (Å²) in [7, 11) is 0. The number of hydrogen-bond acceptors (Lipinski definition) is 8.